The van der Waals surface area contributed by atoms with Gasteiger partial charge in [0.1, 0.15) is 0 Å². The van der Waals surface area contributed by atoms with E-state index < -0.39 is 0 Å². The predicted octanol–water partition coefficient (Wildman–Crippen LogP) is 2.87. The van der Waals surface area contributed by atoms with E-state index in [0.717, 1.165) is 25.1 Å². The summed E-state index contributed by atoms with van der Waals surface area (Å²) in [7, 11) is 1.67. The number of benzene rings is 1. The van der Waals surface area contributed by atoms with Crippen molar-refractivity contribution in [2.45, 2.75) is 12.3 Å². The van der Waals surface area contributed by atoms with E-state index in [9.17, 15) is 4.79 Å². The summed E-state index contributed by atoms with van der Waals surface area (Å²) in [5.74, 6) is 0.432. The van der Waals surface area contributed by atoms with Crippen LogP contribution in [0.3, 0.4) is 0 Å². The van der Waals surface area contributed by atoms with Gasteiger partial charge in [-0.25, -0.2) is 0 Å². The topological polar surface area (TPSA) is 50.4 Å². The number of hydrogen-bond acceptors (Lipinski definition) is 3. The van der Waals surface area contributed by atoms with Gasteiger partial charge in [0, 0.05) is 32.7 Å². The average molecular weight is 368 g/mol. The number of amides is 1. The van der Waals surface area contributed by atoms with E-state index in [-0.39, 0.29) is 30.2 Å². The van der Waals surface area contributed by atoms with Gasteiger partial charge in [0.15, 0.2) is 0 Å². The molecule has 2 rings (SSSR count). The van der Waals surface area contributed by atoms with Crippen LogP contribution in [0.1, 0.15) is 17.9 Å². The summed E-state index contributed by atoms with van der Waals surface area (Å²) in [4.78, 5) is 12.0. The first kappa shape index (κ1) is 19.5. The highest BCUT2D eigenvalue weighted by molar-refractivity contribution is 6.42. The molecule has 1 aliphatic carbocycles. The van der Waals surface area contributed by atoms with Gasteiger partial charge in [-0.2, -0.15) is 0 Å². The molecular weight excluding hydrogens is 347 g/mol. The van der Waals surface area contributed by atoms with Crippen molar-refractivity contribution in [2.24, 2.45) is 5.92 Å². The monoisotopic (exact) mass is 366 g/mol. The van der Waals surface area contributed by atoms with Crippen molar-refractivity contribution in [1.29, 1.82) is 0 Å². The van der Waals surface area contributed by atoms with Gasteiger partial charge in [0.25, 0.3) is 0 Å². The first-order valence-electron chi connectivity index (χ1n) is 7.05. The van der Waals surface area contributed by atoms with E-state index in [1.807, 2.05) is 12.1 Å². The van der Waals surface area contributed by atoms with E-state index in [4.69, 9.17) is 27.9 Å². The minimum absolute atomic E-state index is 0. The molecule has 1 saturated carbocycles. The highest BCUT2D eigenvalue weighted by Gasteiger charge is 2.43. The van der Waals surface area contributed by atoms with Gasteiger partial charge in [-0.05, 0) is 30.0 Å². The third kappa shape index (κ3) is 5.60. The molecule has 7 heteroatoms. The Labute approximate surface area is 147 Å². The summed E-state index contributed by atoms with van der Waals surface area (Å²) in [6.07, 6.45) is 0.876. The number of nitrogens with one attached hydrogen (secondary N) is 2. The van der Waals surface area contributed by atoms with Crippen LogP contribution in [0.2, 0.25) is 10.0 Å². The first-order chi connectivity index (χ1) is 10.1. The van der Waals surface area contributed by atoms with Crippen LogP contribution in [0.4, 0.5) is 0 Å². The molecule has 1 amide bonds. The van der Waals surface area contributed by atoms with Crippen molar-refractivity contribution in [2.75, 3.05) is 33.4 Å². The molecule has 1 fully saturated rings. The Kier molecular flexibility index (Phi) is 8.50. The number of rotatable bonds is 8. The summed E-state index contributed by atoms with van der Waals surface area (Å²) in [6.45, 7) is 2.85. The lowest BCUT2D eigenvalue weighted by molar-refractivity contribution is -0.122. The van der Waals surface area contributed by atoms with E-state index >= 15 is 0 Å². The largest absolute Gasteiger partial charge is 0.383 e. The molecule has 2 atom stereocenters. The predicted molar refractivity (Wildman–Crippen MR) is 92.3 cm³/mol. The summed E-state index contributed by atoms with van der Waals surface area (Å²) in [5.41, 5.74) is 1.09. The van der Waals surface area contributed by atoms with E-state index in [1.165, 1.54) is 0 Å². The molecule has 0 saturated heterocycles. The standard InChI is InChI=1S/C15H20Cl2N2O2.ClH/c1-21-7-6-18-4-5-19-15(20)12-9-11(12)10-2-3-13(16)14(17)8-10;/h2-3,8,11-12,18H,4-7,9H2,1H3,(H,19,20);1H. The van der Waals surface area contributed by atoms with Gasteiger partial charge in [0.2, 0.25) is 5.91 Å². The molecule has 2 unspecified atom stereocenters. The fourth-order valence-electron chi connectivity index (χ4n) is 2.30. The van der Waals surface area contributed by atoms with Crippen LogP contribution < -0.4 is 10.6 Å². The number of carbonyl (C=O) groups is 1. The summed E-state index contributed by atoms with van der Waals surface area (Å²) in [6, 6.07) is 5.58. The van der Waals surface area contributed by atoms with Gasteiger partial charge >= 0.3 is 0 Å². The molecule has 0 spiro atoms. The van der Waals surface area contributed by atoms with Gasteiger partial charge in [-0.1, -0.05) is 29.3 Å². The van der Waals surface area contributed by atoms with Crippen molar-refractivity contribution in [3.05, 3.63) is 33.8 Å². The van der Waals surface area contributed by atoms with Crippen molar-refractivity contribution >= 4 is 41.5 Å². The zero-order valence-electron chi connectivity index (χ0n) is 12.4. The molecule has 1 aromatic carbocycles. The van der Waals surface area contributed by atoms with Crippen LogP contribution in [0.5, 0.6) is 0 Å². The lowest BCUT2D eigenvalue weighted by Gasteiger charge is -2.07. The molecule has 1 aliphatic rings. The average Bonchev–Trinajstić information content (AvgIpc) is 3.26. The van der Waals surface area contributed by atoms with Gasteiger partial charge in [-0.15, -0.1) is 12.4 Å². The Morgan fingerprint density at radius 3 is 2.73 bits per heavy atom. The van der Waals surface area contributed by atoms with Gasteiger partial charge < -0.3 is 15.4 Å². The van der Waals surface area contributed by atoms with Crippen molar-refractivity contribution in [1.82, 2.24) is 10.6 Å². The maximum atomic E-state index is 12.0. The quantitative estimate of drug-likeness (QED) is 0.695. The number of halogens is 3. The van der Waals surface area contributed by atoms with Crippen LogP contribution in [0, 0.1) is 5.92 Å². The Morgan fingerprint density at radius 2 is 2.05 bits per heavy atom. The molecule has 0 bridgehead atoms. The third-order valence-electron chi connectivity index (χ3n) is 3.58. The number of hydrogen-bond donors (Lipinski definition) is 2. The highest BCUT2D eigenvalue weighted by atomic mass is 35.5. The molecule has 0 radical (unpaired) electrons. The zero-order chi connectivity index (χ0) is 15.2. The van der Waals surface area contributed by atoms with E-state index in [1.54, 1.807) is 13.2 Å². The minimum atomic E-state index is 0. The van der Waals surface area contributed by atoms with Crippen molar-refractivity contribution in [3.63, 3.8) is 0 Å². The summed E-state index contributed by atoms with van der Waals surface area (Å²) in [5, 5.41) is 7.22. The van der Waals surface area contributed by atoms with Crippen molar-refractivity contribution < 1.29 is 9.53 Å². The fraction of sp³-hybridized carbons (Fsp3) is 0.533. The van der Waals surface area contributed by atoms with Crippen LogP contribution in [0.15, 0.2) is 18.2 Å². The van der Waals surface area contributed by atoms with Crippen LogP contribution >= 0.6 is 35.6 Å². The van der Waals surface area contributed by atoms with Crippen LogP contribution in [-0.4, -0.2) is 39.3 Å². The normalized spacial score (nSPS) is 19.4. The molecule has 0 aromatic heterocycles. The second kappa shape index (κ2) is 9.58. The van der Waals surface area contributed by atoms with Crippen LogP contribution in [0.25, 0.3) is 0 Å². The summed E-state index contributed by atoms with van der Waals surface area (Å²) >= 11 is 11.9. The molecule has 2 N–H and O–H groups in total. The Bertz CT molecular complexity index is 500. The van der Waals surface area contributed by atoms with Crippen molar-refractivity contribution in [3.8, 4) is 0 Å². The Balaban J connectivity index is 0.00000242. The number of methoxy groups -OCH3 is 1. The SMILES string of the molecule is COCCNCCNC(=O)C1CC1c1ccc(Cl)c(Cl)c1.Cl. The second-order valence-corrected chi connectivity index (χ2v) is 5.97. The van der Waals surface area contributed by atoms with E-state index in [0.29, 0.717) is 23.2 Å². The zero-order valence-corrected chi connectivity index (χ0v) is 14.7. The minimum Gasteiger partial charge on any atom is -0.383 e. The first-order valence-corrected chi connectivity index (χ1v) is 7.81. The molecular formula is C15H21Cl3N2O2. The molecule has 1 aromatic rings. The maximum Gasteiger partial charge on any atom is 0.223 e. The van der Waals surface area contributed by atoms with Gasteiger partial charge in [0.05, 0.1) is 16.7 Å². The maximum absolute atomic E-state index is 12.0. The number of ether oxygens (including phenoxy) is 1. The van der Waals surface area contributed by atoms with Gasteiger partial charge in [-0.3, -0.25) is 4.79 Å². The molecule has 0 aliphatic heterocycles. The fourth-order valence-corrected chi connectivity index (χ4v) is 2.61. The molecule has 124 valence electrons. The second-order valence-electron chi connectivity index (χ2n) is 5.16. The summed E-state index contributed by atoms with van der Waals surface area (Å²) < 4.78 is 4.93. The third-order valence-corrected chi connectivity index (χ3v) is 4.32. The lowest BCUT2D eigenvalue weighted by Crippen LogP contribution is -2.34. The Morgan fingerprint density at radius 1 is 1.27 bits per heavy atom. The molecule has 22 heavy (non-hydrogen) atoms. The number of carbonyl (C=O) groups excluding carboxylic acids is 1. The van der Waals surface area contributed by atoms with Crippen LogP contribution in [-0.2, 0) is 9.53 Å². The van der Waals surface area contributed by atoms with E-state index in [2.05, 4.69) is 10.6 Å². The molecule has 4 nitrogen and oxygen atoms in total. The Hall–Kier alpha value is -0.520. The molecule has 0 heterocycles. The lowest BCUT2D eigenvalue weighted by atomic mass is 10.1. The highest BCUT2D eigenvalue weighted by Crippen LogP contribution is 2.48. The smallest absolute Gasteiger partial charge is 0.223 e.